The molecule has 0 unspecified atom stereocenters. The fraction of sp³-hybridized carbons (Fsp3) is 0.769. The summed E-state index contributed by atoms with van der Waals surface area (Å²) in [5, 5.41) is 6.51. The monoisotopic (exact) mass is 315 g/mol. The van der Waals surface area contributed by atoms with E-state index in [1.165, 1.54) is 6.20 Å². The number of nitrogens with zero attached hydrogens (tertiary/aromatic N) is 3. The number of hydrogen-bond donors (Lipinski definition) is 2. The van der Waals surface area contributed by atoms with E-state index in [1.54, 1.807) is 11.2 Å². The molecule has 1 aliphatic rings. The minimum atomic E-state index is -3.43. The van der Waals surface area contributed by atoms with E-state index in [1.807, 2.05) is 0 Å². The molecule has 120 valence electrons. The van der Waals surface area contributed by atoms with E-state index in [2.05, 4.69) is 15.1 Å². The van der Waals surface area contributed by atoms with E-state index in [9.17, 15) is 8.42 Å². The number of aromatic nitrogens is 2. The van der Waals surface area contributed by atoms with Crippen LogP contribution in [0.5, 0.6) is 0 Å². The van der Waals surface area contributed by atoms with Crippen LogP contribution in [0.2, 0.25) is 0 Å². The largest absolute Gasteiger partial charge is 0.330 e. The minimum absolute atomic E-state index is 0.291. The molecule has 2 rings (SSSR count). The highest BCUT2D eigenvalue weighted by molar-refractivity contribution is 7.89. The summed E-state index contributed by atoms with van der Waals surface area (Å²) in [4.78, 5) is 2.62. The highest BCUT2D eigenvalue weighted by Crippen LogP contribution is 2.19. The second-order valence-electron chi connectivity index (χ2n) is 5.45. The van der Waals surface area contributed by atoms with Crippen LogP contribution in [0.25, 0.3) is 0 Å². The zero-order valence-corrected chi connectivity index (χ0v) is 13.4. The molecule has 3 N–H and O–H groups in total. The number of nitrogens with one attached hydrogen (secondary N) is 1. The maximum absolute atomic E-state index is 12.6. The van der Waals surface area contributed by atoms with Gasteiger partial charge >= 0.3 is 0 Å². The third-order valence-corrected chi connectivity index (χ3v) is 5.89. The number of H-pyrrole nitrogens is 1. The summed E-state index contributed by atoms with van der Waals surface area (Å²) in [6.07, 6.45) is 4.35. The van der Waals surface area contributed by atoms with Crippen molar-refractivity contribution < 1.29 is 8.42 Å². The van der Waals surface area contributed by atoms with Gasteiger partial charge in [-0.3, -0.25) is 5.10 Å². The van der Waals surface area contributed by atoms with Gasteiger partial charge in [0.1, 0.15) is 4.90 Å². The zero-order chi connectivity index (χ0) is 15.3. The molecule has 21 heavy (non-hydrogen) atoms. The second-order valence-corrected chi connectivity index (χ2v) is 7.36. The Morgan fingerprint density at radius 3 is 2.76 bits per heavy atom. The number of unbranched alkanes of at least 4 members (excludes halogenated alkanes) is 1. The summed E-state index contributed by atoms with van der Waals surface area (Å²) >= 11 is 0. The van der Waals surface area contributed by atoms with Crippen molar-refractivity contribution in [3.8, 4) is 0 Å². The lowest BCUT2D eigenvalue weighted by molar-refractivity contribution is 0.281. The van der Waals surface area contributed by atoms with E-state index >= 15 is 0 Å². The standard InChI is InChI=1S/C13H25N5O2S/c1-12-13(11-15-16-12)21(19,20)18-8-4-7-17(9-10-18)6-3-2-5-14/h11H,2-10,14H2,1H3,(H,15,16). The Kier molecular flexibility index (Phi) is 5.74. The van der Waals surface area contributed by atoms with Gasteiger partial charge in [0.25, 0.3) is 0 Å². The van der Waals surface area contributed by atoms with Crippen LogP contribution in [0.4, 0.5) is 0 Å². The van der Waals surface area contributed by atoms with Gasteiger partial charge in [0.15, 0.2) is 0 Å². The van der Waals surface area contributed by atoms with Gasteiger partial charge in [-0.15, -0.1) is 0 Å². The first-order valence-corrected chi connectivity index (χ1v) is 8.92. The molecule has 0 amide bonds. The Bertz CT molecular complexity index is 543. The Morgan fingerprint density at radius 1 is 1.29 bits per heavy atom. The number of nitrogens with two attached hydrogens (primary N) is 1. The topological polar surface area (TPSA) is 95.3 Å². The molecular formula is C13H25N5O2S. The van der Waals surface area contributed by atoms with E-state index < -0.39 is 10.0 Å². The molecule has 1 aromatic heterocycles. The quantitative estimate of drug-likeness (QED) is 0.729. The van der Waals surface area contributed by atoms with Gasteiger partial charge < -0.3 is 10.6 Å². The van der Waals surface area contributed by atoms with Gasteiger partial charge in [-0.1, -0.05) is 0 Å². The van der Waals surface area contributed by atoms with Crippen LogP contribution in [-0.4, -0.2) is 67.1 Å². The van der Waals surface area contributed by atoms with Crippen molar-refractivity contribution in [3.63, 3.8) is 0 Å². The molecule has 0 bridgehead atoms. The van der Waals surface area contributed by atoms with Crippen LogP contribution in [0, 0.1) is 6.92 Å². The van der Waals surface area contributed by atoms with Crippen LogP contribution < -0.4 is 5.73 Å². The fourth-order valence-corrected chi connectivity index (χ4v) is 4.22. The molecule has 0 saturated carbocycles. The van der Waals surface area contributed by atoms with Gasteiger partial charge in [-0.25, -0.2) is 8.42 Å². The summed E-state index contributed by atoms with van der Waals surface area (Å²) in [6, 6.07) is 0. The zero-order valence-electron chi connectivity index (χ0n) is 12.6. The van der Waals surface area contributed by atoms with Crippen molar-refractivity contribution >= 4 is 10.0 Å². The first-order chi connectivity index (χ1) is 10.1. The lowest BCUT2D eigenvalue weighted by atomic mass is 10.3. The van der Waals surface area contributed by atoms with E-state index in [4.69, 9.17) is 5.73 Å². The van der Waals surface area contributed by atoms with E-state index in [0.29, 0.717) is 30.2 Å². The maximum Gasteiger partial charge on any atom is 0.246 e. The molecule has 8 heteroatoms. The average Bonchev–Trinajstić information content (AvgIpc) is 2.74. The van der Waals surface area contributed by atoms with Crippen molar-refractivity contribution in [3.05, 3.63) is 11.9 Å². The summed E-state index contributed by atoms with van der Waals surface area (Å²) in [6.45, 7) is 6.28. The van der Waals surface area contributed by atoms with Gasteiger partial charge in [0.05, 0.1) is 11.9 Å². The van der Waals surface area contributed by atoms with Crippen LogP contribution in [0.1, 0.15) is 25.0 Å². The molecule has 7 nitrogen and oxygen atoms in total. The third kappa shape index (κ3) is 4.03. The van der Waals surface area contributed by atoms with Gasteiger partial charge in [-0.2, -0.15) is 9.40 Å². The van der Waals surface area contributed by atoms with Crippen molar-refractivity contribution in [2.45, 2.75) is 31.1 Å². The van der Waals surface area contributed by atoms with Crippen LogP contribution in [0.3, 0.4) is 0 Å². The fourth-order valence-electron chi connectivity index (χ4n) is 2.63. The smallest absolute Gasteiger partial charge is 0.246 e. The number of aryl methyl sites for hydroxylation is 1. The first-order valence-electron chi connectivity index (χ1n) is 7.48. The highest BCUT2D eigenvalue weighted by atomic mass is 32.2. The molecule has 1 aliphatic heterocycles. The van der Waals surface area contributed by atoms with Crippen molar-refractivity contribution in [2.24, 2.45) is 5.73 Å². The SMILES string of the molecule is Cc1[nH]ncc1S(=O)(=O)N1CCCN(CCCCN)CC1. The second kappa shape index (κ2) is 7.35. The first kappa shape index (κ1) is 16.4. The molecule has 2 heterocycles. The van der Waals surface area contributed by atoms with Crippen molar-refractivity contribution in [2.75, 3.05) is 39.3 Å². The molecule has 0 spiro atoms. The average molecular weight is 315 g/mol. The maximum atomic E-state index is 12.6. The van der Waals surface area contributed by atoms with Gasteiger partial charge in [0.2, 0.25) is 10.0 Å². The predicted octanol–water partition coefficient (Wildman–Crippen LogP) is 0.153. The normalized spacial score (nSPS) is 18.8. The minimum Gasteiger partial charge on any atom is -0.330 e. The molecule has 1 aromatic rings. The van der Waals surface area contributed by atoms with Crippen LogP contribution in [0.15, 0.2) is 11.1 Å². The Labute approximate surface area is 126 Å². The number of aromatic amines is 1. The third-order valence-electron chi connectivity index (χ3n) is 3.88. The molecule has 0 atom stereocenters. The van der Waals surface area contributed by atoms with E-state index in [-0.39, 0.29) is 0 Å². The van der Waals surface area contributed by atoms with Gasteiger partial charge in [0, 0.05) is 19.6 Å². The Balaban J connectivity index is 1.98. The van der Waals surface area contributed by atoms with Crippen molar-refractivity contribution in [1.82, 2.24) is 19.4 Å². The number of sulfonamides is 1. The summed E-state index contributed by atoms with van der Waals surface area (Å²) in [5.41, 5.74) is 6.10. The molecule has 0 aliphatic carbocycles. The Morgan fingerprint density at radius 2 is 2.10 bits per heavy atom. The number of rotatable bonds is 6. The lowest BCUT2D eigenvalue weighted by Gasteiger charge is -2.21. The van der Waals surface area contributed by atoms with Crippen LogP contribution >= 0.6 is 0 Å². The molecule has 1 fully saturated rings. The highest BCUT2D eigenvalue weighted by Gasteiger charge is 2.28. The predicted molar refractivity (Wildman–Crippen MR) is 81.4 cm³/mol. The molecular weight excluding hydrogens is 290 g/mol. The van der Waals surface area contributed by atoms with Crippen molar-refractivity contribution in [1.29, 1.82) is 0 Å². The Hall–Kier alpha value is -0.960. The summed E-state index contributed by atoms with van der Waals surface area (Å²) in [5.74, 6) is 0. The van der Waals surface area contributed by atoms with Crippen LogP contribution in [-0.2, 0) is 10.0 Å². The molecule has 0 aromatic carbocycles. The molecule has 0 radical (unpaired) electrons. The summed E-state index contributed by atoms with van der Waals surface area (Å²) < 4.78 is 26.8. The van der Waals surface area contributed by atoms with E-state index in [0.717, 1.165) is 38.9 Å². The van der Waals surface area contributed by atoms with Gasteiger partial charge in [-0.05, 0) is 45.8 Å². The molecule has 1 saturated heterocycles. The number of hydrogen-bond acceptors (Lipinski definition) is 5. The summed E-state index contributed by atoms with van der Waals surface area (Å²) in [7, 11) is -3.43. The lowest BCUT2D eigenvalue weighted by Crippen LogP contribution is -2.35.